The van der Waals surface area contributed by atoms with Crippen LogP contribution in [0.5, 0.6) is 0 Å². The zero-order valence-corrected chi connectivity index (χ0v) is 19.8. The van der Waals surface area contributed by atoms with Crippen LogP contribution in [0, 0.1) is 17.7 Å². The standard InChI is InChI=1S/C22H32BrFN2O4/c1-5-29-20(27)17-10-12-26(21(28)30-22(2,3)4)14-15(17)7-6-11-25-19-9-8-16(23)13-18(19)24/h8-9,13,15,17,25H,5-7,10-12,14H2,1-4H3. The molecule has 1 saturated heterocycles. The predicted molar refractivity (Wildman–Crippen MR) is 118 cm³/mol. The number of ether oxygens (including phenoxy) is 2. The Morgan fingerprint density at radius 3 is 2.70 bits per heavy atom. The van der Waals surface area contributed by atoms with Crippen LogP contribution < -0.4 is 5.32 Å². The third kappa shape index (κ3) is 7.45. The first-order valence-corrected chi connectivity index (χ1v) is 11.2. The molecular weight excluding hydrogens is 455 g/mol. The summed E-state index contributed by atoms with van der Waals surface area (Å²) >= 11 is 3.24. The van der Waals surface area contributed by atoms with Gasteiger partial charge in [-0.1, -0.05) is 15.9 Å². The second kappa shape index (κ2) is 11.0. The van der Waals surface area contributed by atoms with Gasteiger partial charge in [-0.25, -0.2) is 9.18 Å². The van der Waals surface area contributed by atoms with E-state index in [1.807, 2.05) is 20.8 Å². The van der Waals surface area contributed by atoms with Gasteiger partial charge in [0.15, 0.2) is 0 Å². The van der Waals surface area contributed by atoms with E-state index in [2.05, 4.69) is 21.2 Å². The summed E-state index contributed by atoms with van der Waals surface area (Å²) in [6.45, 7) is 9.11. The number of benzene rings is 1. The number of likely N-dealkylation sites (tertiary alicyclic amines) is 1. The molecule has 168 valence electrons. The highest BCUT2D eigenvalue weighted by Crippen LogP contribution is 2.30. The van der Waals surface area contributed by atoms with E-state index in [1.165, 1.54) is 6.07 Å². The number of nitrogens with one attached hydrogen (secondary N) is 1. The quantitative estimate of drug-likeness (QED) is 0.422. The highest BCUT2D eigenvalue weighted by Gasteiger charge is 2.37. The summed E-state index contributed by atoms with van der Waals surface area (Å²) in [6, 6.07) is 4.88. The average molecular weight is 487 g/mol. The number of anilines is 1. The molecule has 1 aromatic carbocycles. The van der Waals surface area contributed by atoms with Crippen LogP contribution in [-0.2, 0) is 14.3 Å². The lowest BCUT2D eigenvalue weighted by atomic mass is 9.82. The second-order valence-corrected chi connectivity index (χ2v) is 9.44. The Labute approximate surface area is 186 Å². The number of piperidine rings is 1. The minimum atomic E-state index is -0.566. The molecule has 1 aliphatic heterocycles. The zero-order chi connectivity index (χ0) is 22.3. The molecule has 0 spiro atoms. The fourth-order valence-electron chi connectivity index (χ4n) is 3.60. The summed E-state index contributed by atoms with van der Waals surface area (Å²) < 4.78 is 25.4. The highest BCUT2D eigenvalue weighted by atomic mass is 79.9. The number of carbonyl (C=O) groups is 2. The van der Waals surface area contributed by atoms with Crippen LogP contribution in [0.25, 0.3) is 0 Å². The Morgan fingerprint density at radius 2 is 2.07 bits per heavy atom. The van der Waals surface area contributed by atoms with Crippen LogP contribution in [0.2, 0.25) is 0 Å². The number of esters is 1. The van der Waals surface area contributed by atoms with Gasteiger partial charge in [-0.2, -0.15) is 0 Å². The lowest BCUT2D eigenvalue weighted by Gasteiger charge is -2.38. The smallest absolute Gasteiger partial charge is 0.410 e. The van der Waals surface area contributed by atoms with Crippen molar-refractivity contribution in [3.8, 4) is 0 Å². The Hall–Kier alpha value is -1.83. The molecule has 6 nitrogen and oxygen atoms in total. The minimum absolute atomic E-state index is 0.0260. The summed E-state index contributed by atoms with van der Waals surface area (Å²) in [7, 11) is 0. The van der Waals surface area contributed by atoms with Crippen molar-refractivity contribution in [3.63, 3.8) is 0 Å². The first-order valence-electron chi connectivity index (χ1n) is 10.4. The Morgan fingerprint density at radius 1 is 1.33 bits per heavy atom. The SMILES string of the molecule is CCOC(=O)C1CCN(C(=O)OC(C)(C)C)CC1CCCNc1ccc(Br)cc1F. The van der Waals surface area contributed by atoms with Crippen molar-refractivity contribution >= 4 is 33.7 Å². The molecule has 1 aliphatic rings. The van der Waals surface area contributed by atoms with Gasteiger partial charge in [-0.3, -0.25) is 4.79 Å². The molecule has 30 heavy (non-hydrogen) atoms. The molecule has 0 aromatic heterocycles. The molecule has 2 atom stereocenters. The van der Waals surface area contributed by atoms with E-state index in [9.17, 15) is 14.0 Å². The molecule has 1 N–H and O–H groups in total. The number of hydrogen-bond donors (Lipinski definition) is 1. The highest BCUT2D eigenvalue weighted by molar-refractivity contribution is 9.10. The Balaban J connectivity index is 1.95. The lowest BCUT2D eigenvalue weighted by Crippen LogP contribution is -2.48. The lowest BCUT2D eigenvalue weighted by molar-refractivity contribution is -0.152. The molecule has 1 heterocycles. The van der Waals surface area contributed by atoms with Gasteiger partial charge in [0.2, 0.25) is 0 Å². The maximum Gasteiger partial charge on any atom is 0.410 e. The van der Waals surface area contributed by atoms with Crippen LogP contribution in [0.4, 0.5) is 14.9 Å². The van der Waals surface area contributed by atoms with E-state index in [1.54, 1.807) is 24.0 Å². The molecular formula is C22H32BrFN2O4. The number of halogens is 2. The normalized spacial score (nSPS) is 19.3. The molecule has 1 amide bonds. The summed E-state index contributed by atoms with van der Waals surface area (Å²) in [5.41, 5.74) is -0.123. The van der Waals surface area contributed by atoms with Crippen molar-refractivity contribution < 1.29 is 23.5 Å². The van der Waals surface area contributed by atoms with Crippen LogP contribution >= 0.6 is 15.9 Å². The summed E-state index contributed by atoms with van der Waals surface area (Å²) in [5.74, 6) is -0.796. The fraction of sp³-hybridized carbons (Fsp3) is 0.636. The minimum Gasteiger partial charge on any atom is -0.466 e. The summed E-state index contributed by atoms with van der Waals surface area (Å²) in [4.78, 5) is 26.6. The fourth-order valence-corrected chi connectivity index (χ4v) is 3.93. The molecule has 0 radical (unpaired) electrons. The topological polar surface area (TPSA) is 67.9 Å². The third-order valence-electron chi connectivity index (χ3n) is 4.97. The van der Waals surface area contributed by atoms with Crippen molar-refractivity contribution in [1.29, 1.82) is 0 Å². The zero-order valence-electron chi connectivity index (χ0n) is 18.2. The Bertz CT molecular complexity index is 738. The van der Waals surface area contributed by atoms with Crippen LogP contribution in [-0.4, -0.2) is 48.8 Å². The van der Waals surface area contributed by atoms with Gasteiger partial charge in [-0.05, 0) is 71.1 Å². The van der Waals surface area contributed by atoms with Gasteiger partial charge in [0.05, 0.1) is 18.2 Å². The van der Waals surface area contributed by atoms with Crippen molar-refractivity contribution in [2.45, 2.75) is 52.6 Å². The van der Waals surface area contributed by atoms with E-state index in [-0.39, 0.29) is 29.7 Å². The van der Waals surface area contributed by atoms with Gasteiger partial charge >= 0.3 is 12.1 Å². The molecule has 0 bridgehead atoms. The maximum absolute atomic E-state index is 13.9. The van der Waals surface area contributed by atoms with E-state index in [0.29, 0.717) is 49.2 Å². The average Bonchev–Trinajstić information content (AvgIpc) is 2.65. The van der Waals surface area contributed by atoms with Crippen LogP contribution in [0.3, 0.4) is 0 Å². The first-order chi connectivity index (χ1) is 14.1. The monoisotopic (exact) mass is 486 g/mol. The van der Waals surface area contributed by atoms with Gasteiger partial charge in [0, 0.05) is 24.1 Å². The van der Waals surface area contributed by atoms with Gasteiger partial charge in [-0.15, -0.1) is 0 Å². The maximum atomic E-state index is 13.9. The van der Waals surface area contributed by atoms with Gasteiger partial charge < -0.3 is 19.7 Å². The van der Waals surface area contributed by atoms with E-state index in [4.69, 9.17) is 9.47 Å². The van der Waals surface area contributed by atoms with Crippen molar-refractivity contribution in [2.75, 3.05) is 31.6 Å². The second-order valence-electron chi connectivity index (χ2n) is 8.53. The molecule has 1 fully saturated rings. The third-order valence-corrected chi connectivity index (χ3v) is 5.47. The number of hydrogen-bond acceptors (Lipinski definition) is 5. The predicted octanol–water partition coefficient (Wildman–Crippen LogP) is 5.22. The molecule has 8 heteroatoms. The van der Waals surface area contributed by atoms with Crippen LogP contribution in [0.15, 0.2) is 22.7 Å². The van der Waals surface area contributed by atoms with Crippen molar-refractivity contribution in [3.05, 3.63) is 28.5 Å². The number of amides is 1. The Kier molecular flexibility index (Phi) is 8.94. The summed E-state index contributed by atoms with van der Waals surface area (Å²) in [6.07, 6.45) is 1.65. The molecule has 2 unspecified atom stereocenters. The van der Waals surface area contributed by atoms with E-state index >= 15 is 0 Å². The van der Waals surface area contributed by atoms with Gasteiger partial charge in [0.25, 0.3) is 0 Å². The molecule has 0 saturated carbocycles. The van der Waals surface area contributed by atoms with Gasteiger partial charge in [0.1, 0.15) is 11.4 Å². The van der Waals surface area contributed by atoms with Crippen molar-refractivity contribution in [2.24, 2.45) is 11.8 Å². The summed E-state index contributed by atoms with van der Waals surface area (Å²) in [5, 5.41) is 3.10. The first kappa shape index (κ1) is 24.4. The molecule has 0 aliphatic carbocycles. The largest absolute Gasteiger partial charge is 0.466 e. The number of rotatable bonds is 7. The van der Waals surface area contributed by atoms with Crippen LogP contribution in [0.1, 0.15) is 47.0 Å². The molecule has 2 rings (SSSR count). The van der Waals surface area contributed by atoms with E-state index in [0.717, 1.165) is 6.42 Å². The molecule has 1 aromatic rings. The van der Waals surface area contributed by atoms with Crippen molar-refractivity contribution in [1.82, 2.24) is 4.90 Å². The number of nitrogens with zero attached hydrogens (tertiary/aromatic N) is 1. The number of carbonyl (C=O) groups excluding carboxylic acids is 2. The van der Waals surface area contributed by atoms with E-state index < -0.39 is 5.60 Å².